The van der Waals surface area contributed by atoms with Crippen LogP contribution in [-0.4, -0.2) is 42.7 Å². The highest BCUT2D eigenvalue weighted by Gasteiger charge is 2.31. The molecule has 0 radical (unpaired) electrons. The fraction of sp³-hybridized carbons (Fsp3) is 0.429. The fourth-order valence-corrected chi connectivity index (χ4v) is 3.18. The number of methoxy groups -OCH3 is 1. The van der Waals surface area contributed by atoms with Gasteiger partial charge in [-0.3, -0.25) is 9.59 Å². The van der Waals surface area contributed by atoms with Gasteiger partial charge in [0, 0.05) is 22.5 Å². The molecule has 0 saturated carbocycles. The quantitative estimate of drug-likeness (QED) is 0.613. The molecule has 1 fully saturated rings. The maximum absolute atomic E-state index is 12.1. The number of benzene rings is 1. The highest BCUT2D eigenvalue weighted by Crippen LogP contribution is 2.23. The summed E-state index contributed by atoms with van der Waals surface area (Å²) in [6, 6.07) is 7.86. The lowest BCUT2D eigenvalue weighted by Crippen LogP contribution is -2.31. The van der Waals surface area contributed by atoms with Crippen LogP contribution in [0.1, 0.15) is 6.42 Å². The van der Waals surface area contributed by atoms with E-state index in [4.69, 9.17) is 4.74 Å². The molecule has 1 aromatic rings. The molecule has 1 heterocycles. The van der Waals surface area contributed by atoms with Crippen molar-refractivity contribution in [3.05, 3.63) is 28.7 Å². The van der Waals surface area contributed by atoms with Crippen molar-refractivity contribution >= 4 is 39.6 Å². The lowest BCUT2D eigenvalue weighted by atomic mass is 10.1. The van der Waals surface area contributed by atoms with E-state index in [1.165, 1.54) is 18.9 Å². The van der Waals surface area contributed by atoms with Gasteiger partial charge in [0.05, 0.1) is 18.8 Å². The summed E-state index contributed by atoms with van der Waals surface area (Å²) in [5, 5.41) is 0. The molecule has 0 aromatic heterocycles. The minimum Gasteiger partial charge on any atom is -0.469 e. The van der Waals surface area contributed by atoms with Gasteiger partial charge in [-0.15, -0.1) is 11.8 Å². The molecule has 4 nitrogen and oxygen atoms in total. The maximum atomic E-state index is 12.1. The third kappa shape index (κ3) is 3.99. The number of nitrogens with zero attached hydrogens (tertiary/aromatic N) is 1. The van der Waals surface area contributed by atoms with Gasteiger partial charge in [0.25, 0.3) is 0 Å². The highest BCUT2D eigenvalue weighted by atomic mass is 79.9. The summed E-state index contributed by atoms with van der Waals surface area (Å²) in [7, 11) is 1.39. The largest absolute Gasteiger partial charge is 0.469 e. The third-order valence-electron chi connectivity index (χ3n) is 3.25. The van der Waals surface area contributed by atoms with Crippen LogP contribution in [0.3, 0.4) is 0 Å². The van der Waals surface area contributed by atoms with Crippen LogP contribution in [0.4, 0.5) is 0 Å². The van der Waals surface area contributed by atoms with E-state index >= 15 is 0 Å². The predicted molar refractivity (Wildman–Crippen MR) is 81.6 cm³/mol. The molecule has 20 heavy (non-hydrogen) atoms. The minimum atomic E-state index is -0.221. The molecule has 0 spiro atoms. The number of amides is 1. The maximum Gasteiger partial charge on any atom is 0.310 e. The SMILES string of the molecule is COC(=O)C1CCN(C(=O)CSc2ccc(Br)cc2)C1. The van der Waals surface area contributed by atoms with Gasteiger partial charge >= 0.3 is 5.97 Å². The van der Waals surface area contributed by atoms with Crippen LogP contribution < -0.4 is 0 Å². The Balaban J connectivity index is 1.81. The Morgan fingerprint density at radius 2 is 2.10 bits per heavy atom. The van der Waals surface area contributed by atoms with Crippen molar-refractivity contribution < 1.29 is 14.3 Å². The Morgan fingerprint density at radius 3 is 2.75 bits per heavy atom. The molecule has 0 aliphatic carbocycles. The van der Waals surface area contributed by atoms with E-state index in [1.54, 1.807) is 4.90 Å². The van der Waals surface area contributed by atoms with Gasteiger partial charge in [-0.05, 0) is 30.7 Å². The Hall–Kier alpha value is -1.01. The average Bonchev–Trinajstić information content (AvgIpc) is 2.95. The summed E-state index contributed by atoms with van der Waals surface area (Å²) >= 11 is 4.89. The average molecular weight is 358 g/mol. The van der Waals surface area contributed by atoms with Crippen LogP contribution in [0.5, 0.6) is 0 Å². The lowest BCUT2D eigenvalue weighted by molar-refractivity contribution is -0.145. The van der Waals surface area contributed by atoms with Crippen LogP contribution in [0.2, 0.25) is 0 Å². The Morgan fingerprint density at radius 1 is 1.40 bits per heavy atom. The summed E-state index contributed by atoms with van der Waals surface area (Å²) < 4.78 is 5.74. The Kier molecular flexibility index (Phi) is 5.48. The topological polar surface area (TPSA) is 46.6 Å². The van der Waals surface area contributed by atoms with E-state index in [-0.39, 0.29) is 17.8 Å². The zero-order valence-electron chi connectivity index (χ0n) is 11.2. The van der Waals surface area contributed by atoms with E-state index in [0.29, 0.717) is 25.3 Å². The molecule has 6 heteroatoms. The van der Waals surface area contributed by atoms with E-state index in [0.717, 1.165) is 9.37 Å². The van der Waals surface area contributed by atoms with Gasteiger partial charge in [-0.1, -0.05) is 15.9 Å². The number of ether oxygens (including phenoxy) is 1. The zero-order valence-corrected chi connectivity index (χ0v) is 13.6. The molecule has 2 rings (SSSR count). The molecular formula is C14H16BrNO3S. The molecule has 1 aromatic carbocycles. The second-order valence-electron chi connectivity index (χ2n) is 4.59. The van der Waals surface area contributed by atoms with Gasteiger partial charge in [-0.2, -0.15) is 0 Å². The van der Waals surface area contributed by atoms with Crippen LogP contribution in [-0.2, 0) is 14.3 Å². The first-order valence-electron chi connectivity index (χ1n) is 6.34. The molecule has 1 aliphatic rings. The van der Waals surface area contributed by atoms with Crippen LogP contribution in [0.15, 0.2) is 33.6 Å². The number of carbonyl (C=O) groups excluding carboxylic acids is 2. The highest BCUT2D eigenvalue weighted by molar-refractivity contribution is 9.10. The number of hydrogen-bond acceptors (Lipinski definition) is 4. The normalized spacial score (nSPS) is 18.1. The second-order valence-corrected chi connectivity index (χ2v) is 6.56. The van der Waals surface area contributed by atoms with Crippen LogP contribution in [0.25, 0.3) is 0 Å². The van der Waals surface area contributed by atoms with E-state index in [9.17, 15) is 9.59 Å². The molecule has 0 bridgehead atoms. The zero-order chi connectivity index (χ0) is 14.5. The molecule has 1 amide bonds. The monoisotopic (exact) mass is 357 g/mol. The van der Waals surface area contributed by atoms with Crippen molar-refractivity contribution in [2.24, 2.45) is 5.92 Å². The van der Waals surface area contributed by atoms with Gasteiger partial charge in [0.15, 0.2) is 0 Å². The molecule has 1 aliphatic heterocycles. The van der Waals surface area contributed by atoms with Crippen molar-refractivity contribution in [2.45, 2.75) is 11.3 Å². The first kappa shape index (κ1) is 15.4. The summed E-state index contributed by atoms with van der Waals surface area (Å²) in [6.45, 7) is 1.12. The Bertz CT molecular complexity index is 492. The second kappa shape index (κ2) is 7.13. The standard InChI is InChI=1S/C14H16BrNO3S/c1-19-14(18)10-6-7-16(8-10)13(17)9-20-12-4-2-11(15)3-5-12/h2-5,10H,6-9H2,1H3. The molecule has 1 saturated heterocycles. The van der Waals surface area contributed by atoms with Crippen molar-refractivity contribution in [1.82, 2.24) is 4.90 Å². The summed E-state index contributed by atoms with van der Waals surface area (Å²) in [6.07, 6.45) is 0.696. The number of thioether (sulfide) groups is 1. The third-order valence-corrected chi connectivity index (χ3v) is 4.78. The van der Waals surface area contributed by atoms with Crippen molar-refractivity contribution in [3.63, 3.8) is 0 Å². The predicted octanol–water partition coefficient (Wildman–Crippen LogP) is 2.56. The van der Waals surface area contributed by atoms with E-state index in [1.807, 2.05) is 24.3 Å². The number of halogens is 1. The first-order valence-corrected chi connectivity index (χ1v) is 8.12. The number of rotatable bonds is 4. The smallest absolute Gasteiger partial charge is 0.310 e. The summed E-state index contributed by atoms with van der Waals surface area (Å²) in [5.74, 6) is 0.0852. The number of likely N-dealkylation sites (tertiary alicyclic amines) is 1. The molecule has 1 unspecified atom stereocenters. The van der Waals surface area contributed by atoms with Gasteiger partial charge in [-0.25, -0.2) is 0 Å². The summed E-state index contributed by atoms with van der Waals surface area (Å²) in [5.41, 5.74) is 0. The molecule has 0 N–H and O–H groups in total. The summed E-state index contributed by atoms with van der Waals surface area (Å²) in [4.78, 5) is 26.3. The fourth-order valence-electron chi connectivity index (χ4n) is 2.11. The van der Waals surface area contributed by atoms with Crippen molar-refractivity contribution in [1.29, 1.82) is 0 Å². The van der Waals surface area contributed by atoms with Gasteiger partial charge in [0.2, 0.25) is 5.91 Å². The number of esters is 1. The molecule has 1 atom stereocenters. The molecular weight excluding hydrogens is 342 g/mol. The van der Waals surface area contributed by atoms with E-state index < -0.39 is 0 Å². The van der Waals surface area contributed by atoms with Crippen molar-refractivity contribution in [3.8, 4) is 0 Å². The Labute approximate surface area is 131 Å². The van der Waals surface area contributed by atoms with Gasteiger partial charge < -0.3 is 9.64 Å². The number of carbonyl (C=O) groups is 2. The van der Waals surface area contributed by atoms with E-state index in [2.05, 4.69) is 15.9 Å². The minimum absolute atomic E-state index is 0.0734. The lowest BCUT2D eigenvalue weighted by Gasteiger charge is -2.15. The van der Waals surface area contributed by atoms with Crippen LogP contribution in [0, 0.1) is 5.92 Å². The van der Waals surface area contributed by atoms with Crippen molar-refractivity contribution in [2.75, 3.05) is 26.0 Å². The first-order chi connectivity index (χ1) is 9.60. The van der Waals surface area contributed by atoms with Gasteiger partial charge in [0.1, 0.15) is 0 Å². The number of hydrogen-bond donors (Lipinski definition) is 0. The molecule has 108 valence electrons. The van der Waals surface area contributed by atoms with Crippen LogP contribution >= 0.6 is 27.7 Å².